The van der Waals surface area contributed by atoms with Crippen LogP contribution < -0.4 is 0 Å². The third kappa shape index (κ3) is 34.5. The summed E-state index contributed by atoms with van der Waals surface area (Å²) in [5.41, 5.74) is -0.387. The monoisotopic (exact) mass is 1410 g/mol. The summed E-state index contributed by atoms with van der Waals surface area (Å²) in [6.45, 7) is 39.5. The zero-order valence-electron chi connectivity index (χ0n) is 64.4. The van der Waals surface area contributed by atoms with Gasteiger partial charge >= 0.3 is 35.8 Å². The molecule has 5 heterocycles. The maximum atomic E-state index is 12.3. The number of hydrogen-bond acceptors (Lipinski definition) is 24. The molecule has 0 aromatic carbocycles. The number of carbonyl (C=O) groups is 6. The van der Waals surface area contributed by atoms with E-state index in [0.29, 0.717) is 31.7 Å². The summed E-state index contributed by atoms with van der Waals surface area (Å²) in [5, 5.41) is 20.1. The van der Waals surface area contributed by atoms with Gasteiger partial charge in [-0.15, -0.1) is 0 Å². The average Bonchev–Trinajstić information content (AvgIpc) is 1.64. The molecular formula is C74H136O24. The summed E-state index contributed by atoms with van der Waals surface area (Å²) in [5.74, 6) is -1.64. The standard InChI is InChI=1S/2C16H30O4.C15H26O6.C14H26O5.C13H24O5/c1-7-12-9-16(6,13(8-2)20-12)14(17)19-11-18-10-15(3,4)5;1-7-12-11(3)14(13(8-2)20-12)15(17)19-10-18-9-16(4,5)6;1-5-11-7-12(13(6-2)21-11)14(20-10(3)16)8-15(17)19-9-18-4;1-4-12-7-10(13(5-2)19-12)6-11(15)8-14(16)18-9-17-3;1-4-9-6-10(12(5-2)18-9)11(14)7-13(15)17-8-16-3/h12-13H,7-11H2,1-6H3;11-14H,7-10H2,1-6H3;11-14H,5-9H2,1-4H3;10-13,15H,4-9H2,1-3H3;9-12,14H,4-8H2,1-3H3. The highest BCUT2D eigenvalue weighted by atomic mass is 16.7. The summed E-state index contributed by atoms with van der Waals surface area (Å²) in [7, 11) is 4.35. The molecular weight excluding hydrogens is 1270 g/mol. The van der Waals surface area contributed by atoms with E-state index in [9.17, 15) is 39.0 Å². The van der Waals surface area contributed by atoms with Crippen molar-refractivity contribution in [2.45, 2.75) is 326 Å². The minimum absolute atomic E-state index is 0.00429. The Kier molecular flexibility index (Phi) is 46.3. The van der Waals surface area contributed by atoms with E-state index in [1.807, 2.05) is 34.6 Å². The van der Waals surface area contributed by atoms with Gasteiger partial charge in [0.05, 0.1) is 117 Å². The Morgan fingerprint density at radius 2 is 0.929 bits per heavy atom. The van der Waals surface area contributed by atoms with Gasteiger partial charge in [-0.1, -0.05) is 118 Å². The molecule has 98 heavy (non-hydrogen) atoms. The minimum atomic E-state index is -0.698. The maximum Gasteiger partial charge on any atom is 0.316 e. The van der Waals surface area contributed by atoms with Crippen LogP contribution in [0, 0.1) is 45.8 Å². The Morgan fingerprint density at radius 1 is 0.490 bits per heavy atom. The van der Waals surface area contributed by atoms with Crippen molar-refractivity contribution in [2.24, 2.45) is 45.8 Å². The Hall–Kier alpha value is -3.66. The van der Waals surface area contributed by atoms with E-state index in [0.717, 1.165) is 89.9 Å². The van der Waals surface area contributed by atoms with Crippen molar-refractivity contribution in [3.8, 4) is 0 Å². The molecule has 0 aromatic rings. The van der Waals surface area contributed by atoms with Gasteiger partial charge < -0.3 is 86.0 Å². The Labute approximate surface area is 589 Å². The Bertz CT molecular complexity index is 2180. The highest BCUT2D eigenvalue weighted by Crippen LogP contribution is 2.43. The second kappa shape index (κ2) is 49.1. The van der Waals surface area contributed by atoms with Gasteiger partial charge in [0, 0.05) is 40.1 Å². The SMILES string of the molecule is CCC1CC(C(CC(=O)OCOC)OC(C)=O)C(CC)O1.CCC1CC(C(O)CC(=O)OCOC)C(CC)O1.CCC1CC(C)(C(=O)OCOCC(C)(C)C)C(CC)O1.CCC1CC(CC(O)CC(=O)OCOC)C(CC)O1.CCC1OC(CC)C(C(=O)OCOCC(C)(C)C)C1C. The van der Waals surface area contributed by atoms with Crippen molar-refractivity contribution in [1.29, 1.82) is 0 Å². The van der Waals surface area contributed by atoms with Crippen LogP contribution in [0.15, 0.2) is 0 Å². The molecule has 0 spiro atoms. The van der Waals surface area contributed by atoms with Crippen molar-refractivity contribution < 1.29 is 115 Å². The van der Waals surface area contributed by atoms with E-state index in [1.165, 1.54) is 28.3 Å². The zero-order chi connectivity index (χ0) is 74.3. The van der Waals surface area contributed by atoms with Crippen molar-refractivity contribution in [3.05, 3.63) is 0 Å². The fourth-order valence-electron chi connectivity index (χ4n) is 13.2. The normalized spacial score (nSPS) is 29.0. The molecule has 19 unspecified atom stereocenters. The topological polar surface area (TPSA) is 291 Å². The van der Waals surface area contributed by atoms with Gasteiger partial charge in [0.25, 0.3) is 0 Å². The van der Waals surface area contributed by atoms with Crippen molar-refractivity contribution in [1.82, 2.24) is 0 Å². The third-order valence-electron chi connectivity index (χ3n) is 18.4. The molecule has 576 valence electrons. The van der Waals surface area contributed by atoms with Crippen LogP contribution in [0.25, 0.3) is 0 Å². The molecule has 5 aliphatic heterocycles. The summed E-state index contributed by atoms with van der Waals surface area (Å²) in [6, 6.07) is 0. The summed E-state index contributed by atoms with van der Waals surface area (Å²) >= 11 is 0. The number of esters is 6. The number of ether oxygens (including phenoxy) is 16. The second-order valence-electron chi connectivity index (χ2n) is 29.2. The molecule has 0 bridgehead atoms. The van der Waals surface area contributed by atoms with Crippen molar-refractivity contribution in [3.63, 3.8) is 0 Å². The fourth-order valence-corrected chi connectivity index (χ4v) is 13.2. The van der Waals surface area contributed by atoms with Crippen LogP contribution in [-0.2, 0) is 105 Å². The highest BCUT2D eigenvalue weighted by Gasteiger charge is 2.51. The van der Waals surface area contributed by atoms with E-state index in [4.69, 9.17) is 66.3 Å². The van der Waals surface area contributed by atoms with Crippen LogP contribution in [0.2, 0.25) is 0 Å². The van der Waals surface area contributed by atoms with Gasteiger partial charge in [-0.25, -0.2) is 0 Å². The second-order valence-corrected chi connectivity index (χ2v) is 29.2. The first-order valence-corrected chi connectivity index (χ1v) is 36.5. The zero-order valence-corrected chi connectivity index (χ0v) is 64.4. The smallest absolute Gasteiger partial charge is 0.316 e. The number of carbonyl (C=O) groups excluding carboxylic acids is 6. The lowest BCUT2D eigenvalue weighted by Crippen LogP contribution is -2.37. The van der Waals surface area contributed by atoms with E-state index in [1.54, 1.807) is 0 Å². The molecule has 0 aliphatic carbocycles. The quantitative estimate of drug-likeness (QED) is 0.0258. The molecule has 2 N–H and O–H groups in total. The lowest BCUT2D eigenvalue weighted by atomic mass is 9.80. The molecule has 5 aliphatic rings. The molecule has 0 aromatic heterocycles. The first-order chi connectivity index (χ1) is 46.3. The first kappa shape index (κ1) is 92.4. The number of rotatable bonds is 35. The molecule has 5 rings (SSSR count). The van der Waals surface area contributed by atoms with Gasteiger partial charge in [0.15, 0.2) is 34.0 Å². The molecule has 5 saturated heterocycles. The third-order valence-corrected chi connectivity index (χ3v) is 18.4. The maximum absolute atomic E-state index is 12.3. The van der Waals surface area contributed by atoms with Gasteiger partial charge in [0.1, 0.15) is 6.10 Å². The largest absolute Gasteiger partial charge is 0.462 e. The van der Waals surface area contributed by atoms with Crippen molar-refractivity contribution >= 4 is 35.8 Å². The van der Waals surface area contributed by atoms with Crippen LogP contribution >= 0.6 is 0 Å². The molecule has 0 amide bonds. The molecule has 24 nitrogen and oxygen atoms in total. The van der Waals surface area contributed by atoms with Gasteiger partial charge in [-0.3, -0.25) is 28.8 Å². The summed E-state index contributed by atoms with van der Waals surface area (Å²) in [6.07, 6.45) is 12.2. The number of hydrogen-bond donors (Lipinski definition) is 2. The summed E-state index contributed by atoms with van der Waals surface area (Å²) in [4.78, 5) is 70.4. The molecule has 24 heteroatoms. The summed E-state index contributed by atoms with van der Waals surface area (Å²) < 4.78 is 84.7. The molecule has 0 saturated carbocycles. The fraction of sp³-hybridized carbons (Fsp3) is 0.919. The number of aliphatic hydroxyl groups excluding tert-OH is 2. The molecule has 5 fully saturated rings. The van der Waals surface area contributed by atoms with Crippen LogP contribution in [0.1, 0.15) is 247 Å². The number of aliphatic hydroxyl groups is 2. The minimum Gasteiger partial charge on any atom is -0.462 e. The van der Waals surface area contributed by atoms with Crippen LogP contribution in [-0.4, -0.2) is 194 Å². The van der Waals surface area contributed by atoms with E-state index < -0.39 is 47.6 Å². The number of methoxy groups -OCH3 is 3. The lowest BCUT2D eigenvalue weighted by molar-refractivity contribution is -0.173. The van der Waals surface area contributed by atoms with Crippen LogP contribution in [0.5, 0.6) is 0 Å². The van der Waals surface area contributed by atoms with Crippen molar-refractivity contribution in [2.75, 3.05) is 68.5 Å². The lowest BCUT2D eigenvalue weighted by Gasteiger charge is -2.27. The van der Waals surface area contributed by atoms with E-state index in [2.05, 4.69) is 99.5 Å². The van der Waals surface area contributed by atoms with Gasteiger partial charge in [-0.05, 0) is 126 Å². The average molecular weight is 1410 g/mol. The predicted octanol–water partition coefficient (Wildman–Crippen LogP) is 12.3. The Morgan fingerprint density at radius 3 is 1.38 bits per heavy atom. The molecule has 0 radical (unpaired) electrons. The van der Waals surface area contributed by atoms with Gasteiger partial charge in [-0.2, -0.15) is 0 Å². The van der Waals surface area contributed by atoms with Crippen LogP contribution in [0.3, 0.4) is 0 Å². The van der Waals surface area contributed by atoms with E-state index in [-0.39, 0.29) is 155 Å². The molecule has 19 atom stereocenters. The highest BCUT2D eigenvalue weighted by molar-refractivity contribution is 5.77. The first-order valence-electron chi connectivity index (χ1n) is 36.5. The van der Waals surface area contributed by atoms with Crippen LogP contribution in [0.4, 0.5) is 0 Å². The van der Waals surface area contributed by atoms with E-state index >= 15 is 0 Å². The van der Waals surface area contributed by atoms with Gasteiger partial charge in [0.2, 0.25) is 0 Å². The predicted molar refractivity (Wildman–Crippen MR) is 369 cm³/mol. The Balaban J connectivity index is 0.000000613.